The fourth-order valence-electron chi connectivity index (χ4n) is 1.38. The second kappa shape index (κ2) is 4.49. The molecule has 0 unspecified atom stereocenters. The lowest BCUT2D eigenvalue weighted by atomic mass is 10.1. The maximum absolute atomic E-state index is 11.5. The standard InChI is InChI=1S/C12H10ClNO2/c1-8-11(13)14-10(12(15)16-8)7-9-5-3-2-4-6-9/h2-6H,7H2,1H3. The van der Waals surface area contributed by atoms with E-state index in [1.165, 1.54) is 0 Å². The van der Waals surface area contributed by atoms with E-state index >= 15 is 0 Å². The van der Waals surface area contributed by atoms with E-state index < -0.39 is 5.63 Å². The minimum atomic E-state index is -0.425. The van der Waals surface area contributed by atoms with E-state index in [2.05, 4.69) is 4.98 Å². The first-order valence-electron chi connectivity index (χ1n) is 4.87. The molecule has 0 aliphatic heterocycles. The van der Waals surface area contributed by atoms with Crippen LogP contribution in [0.3, 0.4) is 0 Å². The van der Waals surface area contributed by atoms with Crippen LogP contribution in [-0.4, -0.2) is 4.98 Å². The molecule has 0 saturated heterocycles. The van der Waals surface area contributed by atoms with Crippen molar-refractivity contribution in [1.29, 1.82) is 0 Å². The molecule has 1 heterocycles. The Hall–Kier alpha value is -1.61. The lowest BCUT2D eigenvalue weighted by molar-refractivity contribution is 0.464. The summed E-state index contributed by atoms with van der Waals surface area (Å²) in [7, 11) is 0. The molecule has 1 aromatic heterocycles. The van der Waals surface area contributed by atoms with Gasteiger partial charge in [0.2, 0.25) is 0 Å². The van der Waals surface area contributed by atoms with Crippen molar-refractivity contribution in [3.05, 3.63) is 62.9 Å². The molecule has 0 N–H and O–H groups in total. The van der Waals surface area contributed by atoms with Crippen LogP contribution < -0.4 is 5.63 Å². The third-order valence-corrected chi connectivity index (χ3v) is 2.57. The summed E-state index contributed by atoms with van der Waals surface area (Å²) >= 11 is 5.81. The zero-order valence-corrected chi connectivity index (χ0v) is 9.49. The van der Waals surface area contributed by atoms with Crippen molar-refractivity contribution in [1.82, 2.24) is 4.98 Å². The number of benzene rings is 1. The summed E-state index contributed by atoms with van der Waals surface area (Å²) in [5, 5.41) is 0.241. The Morgan fingerprint density at radius 2 is 2.00 bits per heavy atom. The zero-order chi connectivity index (χ0) is 11.5. The first-order valence-corrected chi connectivity index (χ1v) is 5.24. The van der Waals surface area contributed by atoms with Gasteiger partial charge in [0, 0.05) is 6.42 Å². The van der Waals surface area contributed by atoms with Crippen LogP contribution >= 0.6 is 11.6 Å². The van der Waals surface area contributed by atoms with E-state index in [1.807, 2.05) is 30.3 Å². The van der Waals surface area contributed by atoms with Gasteiger partial charge in [-0.2, -0.15) is 0 Å². The van der Waals surface area contributed by atoms with Gasteiger partial charge in [0.15, 0.2) is 5.15 Å². The molecular formula is C12H10ClNO2. The number of aryl methyl sites for hydroxylation is 1. The van der Waals surface area contributed by atoms with Crippen molar-refractivity contribution < 1.29 is 4.42 Å². The van der Waals surface area contributed by atoms with Crippen LogP contribution in [0.15, 0.2) is 39.5 Å². The second-order valence-electron chi connectivity index (χ2n) is 3.46. The van der Waals surface area contributed by atoms with Crippen molar-refractivity contribution in [3.8, 4) is 0 Å². The molecule has 0 amide bonds. The van der Waals surface area contributed by atoms with Crippen LogP contribution in [0.2, 0.25) is 5.15 Å². The number of hydrogen-bond acceptors (Lipinski definition) is 3. The lowest BCUT2D eigenvalue weighted by Crippen LogP contribution is -2.12. The van der Waals surface area contributed by atoms with Crippen LogP contribution in [-0.2, 0) is 6.42 Å². The minimum Gasteiger partial charge on any atom is -0.424 e. The summed E-state index contributed by atoms with van der Waals surface area (Å²) in [5.74, 6) is 0.350. The fourth-order valence-corrected chi connectivity index (χ4v) is 1.52. The second-order valence-corrected chi connectivity index (χ2v) is 3.82. The monoisotopic (exact) mass is 235 g/mol. The predicted octanol–water partition coefficient (Wildman–Crippen LogP) is 2.59. The van der Waals surface area contributed by atoms with Gasteiger partial charge in [-0.1, -0.05) is 41.9 Å². The van der Waals surface area contributed by atoms with E-state index in [1.54, 1.807) is 6.92 Å². The average Bonchev–Trinajstić information content (AvgIpc) is 2.27. The summed E-state index contributed by atoms with van der Waals surface area (Å²) in [5.41, 5.74) is 0.912. The Morgan fingerprint density at radius 1 is 1.31 bits per heavy atom. The average molecular weight is 236 g/mol. The van der Waals surface area contributed by atoms with Crippen molar-refractivity contribution in [2.75, 3.05) is 0 Å². The van der Waals surface area contributed by atoms with Gasteiger partial charge in [0.1, 0.15) is 11.5 Å². The van der Waals surface area contributed by atoms with E-state index in [0.717, 1.165) is 5.56 Å². The van der Waals surface area contributed by atoms with Crippen LogP contribution in [0.5, 0.6) is 0 Å². The summed E-state index contributed by atoms with van der Waals surface area (Å²) in [4.78, 5) is 15.5. The molecule has 82 valence electrons. The molecule has 0 atom stereocenters. The largest absolute Gasteiger partial charge is 0.424 e. The van der Waals surface area contributed by atoms with Crippen LogP contribution in [0, 0.1) is 6.92 Å². The predicted molar refractivity (Wildman–Crippen MR) is 61.8 cm³/mol. The van der Waals surface area contributed by atoms with E-state index in [4.69, 9.17) is 16.0 Å². The maximum atomic E-state index is 11.5. The Labute approximate surface area is 97.7 Å². The van der Waals surface area contributed by atoms with Crippen LogP contribution in [0.1, 0.15) is 17.0 Å². The van der Waals surface area contributed by atoms with Crippen LogP contribution in [0.25, 0.3) is 0 Å². The number of halogens is 1. The molecule has 2 aromatic rings. The molecule has 16 heavy (non-hydrogen) atoms. The molecule has 0 radical (unpaired) electrons. The molecule has 3 nitrogen and oxygen atoms in total. The van der Waals surface area contributed by atoms with Gasteiger partial charge in [-0.05, 0) is 12.5 Å². The molecule has 0 bridgehead atoms. The molecule has 1 aromatic carbocycles. The Kier molecular flexibility index (Phi) is 3.06. The topological polar surface area (TPSA) is 43.1 Å². The highest BCUT2D eigenvalue weighted by Crippen LogP contribution is 2.11. The highest BCUT2D eigenvalue weighted by Gasteiger charge is 2.08. The van der Waals surface area contributed by atoms with Gasteiger partial charge >= 0.3 is 5.63 Å². The Morgan fingerprint density at radius 3 is 2.69 bits per heavy atom. The highest BCUT2D eigenvalue weighted by molar-refractivity contribution is 6.29. The summed E-state index contributed by atoms with van der Waals surface area (Å²) in [6.45, 7) is 1.61. The molecule has 0 fully saturated rings. The van der Waals surface area contributed by atoms with Crippen molar-refractivity contribution in [2.24, 2.45) is 0 Å². The Bertz CT molecular complexity index is 549. The van der Waals surface area contributed by atoms with Gasteiger partial charge in [-0.3, -0.25) is 0 Å². The number of nitrogens with zero attached hydrogens (tertiary/aromatic N) is 1. The van der Waals surface area contributed by atoms with E-state index in [0.29, 0.717) is 17.9 Å². The van der Waals surface area contributed by atoms with Gasteiger partial charge in [0.25, 0.3) is 0 Å². The van der Waals surface area contributed by atoms with Gasteiger partial charge < -0.3 is 4.42 Å². The van der Waals surface area contributed by atoms with Crippen LogP contribution in [0.4, 0.5) is 0 Å². The summed E-state index contributed by atoms with van der Waals surface area (Å²) in [6, 6.07) is 9.59. The third kappa shape index (κ3) is 2.31. The van der Waals surface area contributed by atoms with Gasteiger partial charge in [0.05, 0.1) is 0 Å². The van der Waals surface area contributed by atoms with Gasteiger partial charge in [-0.25, -0.2) is 9.78 Å². The zero-order valence-electron chi connectivity index (χ0n) is 8.74. The van der Waals surface area contributed by atoms with E-state index in [-0.39, 0.29) is 5.15 Å². The first kappa shape index (κ1) is 10.9. The third-order valence-electron chi connectivity index (χ3n) is 2.22. The highest BCUT2D eigenvalue weighted by atomic mass is 35.5. The van der Waals surface area contributed by atoms with Crippen molar-refractivity contribution in [2.45, 2.75) is 13.3 Å². The van der Waals surface area contributed by atoms with Crippen molar-refractivity contribution in [3.63, 3.8) is 0 Å². The molecule has 0 saturated carbocycles. The summed E-state index contributed by atoms with van der Waals surface area (Å²) in [6.07, 6.45) is 0.434. The van der Waals surface area contributed by atoms with Gasteiger partial charge in [-0.15, -0.1) is 0 Å². The maximum Gasteiger partial charge on any atom is 0.358 e. The number of hydrogen-bond donors (Lipinski definition) is 0. The van der Waals surface area contributed by atoms with Crippen molar-refractivity contribution >= 4 is 11.6 Å². The molecule has 0 aliphatic carbocycles. The minimum absolute atomic E-state index is 0.241. The molecule has 2 rings (SSSR count). The fraction of sp³-hybridized carbons (Fsp3) is 0.167. The van der Waals surface area contributed by atoms with E-state index in [9.17, 15) is 4.79 Å². The SMILES string of the molecule is Cc1oc(=O)c(Cc2ccccc2)nc1Cl. The molecule has 0 spiro atoms. The first-order chi connectivity index (χ1) is 7.66. The molecular weight excluding hydrogens is 226 g/mol. The summed E-state index contributed by atoms with van der Waals surface area (Å²) < 4.78 is 4.96. The number of aromatic nitrogens is 1. The lowest BCUT2D eigenvalue weighted by Gasteiger charge is -2.01. The Balaban J connectivity index is 2.36. The normalized spacial score (nSPS) is 10.4. The molecule has 0 aliphatic rings. The molecule has 4 heteroatoms. The number of rotatable bonds is 2. The quantitative estimate of drug-likeness (QED) is 0.804. The smallest absolute Gasteiger partial charge is 0.358 e.